The Morgan fingerprint density at radius 3 is 2.63 bits per heavy atom. The maximum absolute atomic E-state index is 12.7. The summed E-state index contributed by atoms with van der Waals surface area (Å²) in [5.74, 6) is 0.106. The van der Waals surface area contributed by atoms with Crippen LogP contribution in [-0.4, -0.2) is 29.2 Å². The van der Waals surface area contributed by atoms with Crippen LogP contribution in [0, 0.1) is 5.82 Å². The number of Topliss-reactive ketones (excluding diaryl/α,β-unsaturated/α-hetero) is 1. The molecule has 0 aliphatic carbocycles. The second-order valence-electron chi connectivity index (χ2n) is 4.01. The monoisotopic (exact) mass is 280 g/mol. The van der Waals surface area contributed by atoms with Gasteiger partial charge in [0.1, 0.15) is 5.82 Å². The summed E-state index contributed by atoms with van der Waals surface area (Å²) in [7, 11) is 0. The van der Waals surface area contributed by atoms with Crippen LogP contribution in [0.1, 0.15) is 23.2 Å². The molecule has 0 unspecified atom stereocenters. The lowest BCUT2D eigenvalue weighted by Gasteiger charge is -2.03. The lowest BCUT2D eigenvalue weighted by atomic mass is 10.1. The Kier molecular flexibility index (Phi) is 4.68. The SMILES string of the molecule is O=C(CCC(=O)c1ccc(F)cc1)NC1=NCCS1. The van der Waals surface area contributed by atoms with Crippen LogP contribution < -0.4 is 5.32 Å². The molecule has 19 heavy (non-hydrogen) atoms. The largest absolute Gasteiger partial charge is 0.305 e. The molecule has 0 saturated carbocycles. The van der Waals surface area contributed by atoms with E-state index in [1.807, 2.05) is 0 Å². The number of thioether (sulfide) groups is 1. The summed E-state index contributed by atoms with van der Waals surface area (Å²) in [6, 6.07) is 5.31. The van der Waals surface area contributed by atoms with E-state index < -0.39 is 0 Å². The Bertz CT molecular complexity index is 514. The molecule has 1 aliphatic heterocycles. The molecular formula is C13H13FN2O2S. The number of amidine groups is 1. The molecule has 2 rings (SSSR count). The molecule has 1 aliphatic rings. The zero-order valence-corrected chi connectivity index (χ0v) is 11.0. The summed E-state index contributed by atoms with van der Waals surface area (Å²) < 4.78 is 12.7. The number of carbonyl (C=O) groups excluding carboxylic acids is 2. The maximum atomic E-state index is 12.7. The van der Waals surface area contributed by atoms with Crippen molar-refractivity contribution in [2.24, 2.45) is 4.99 Å². The van der Waals surface area contributed by atoms with Crippen LogP contribution in [0.25, 0.3) is 0 Å². The first kappa shape index (κ1) is 13.7. The van der Waals surface area contributed by atoms with Crippen LogP contribution in [0.15, 0.2) is 29.3 Å². The Morgan fingerprint density at radius 2 is 2.00 bits per heavy atom. The highest BCUT2D eigenvalue weighted by atomic mass is 32.2. The van der Waals surface area contributed by atoms with Gasteiger partial charge in [-0.15, -0.1) is 0 Å². The fourth-order valence-corrected chi connectivity index (χ4v) is 2.34. The lowest BCUT2D eigenvalue weighted by Crippen LogP contribution is -2.27. The van der Waals surface area contributed by atoms with Crippen molar-refractivity contribution in [3.63, 3.8) is 0 Å². The van der Waals surface area contributed by atoms with Gasteiger partial charge in [-0.05, 0) is 24.3 Å². The Balaban J connectivity index is 1.79. The summed E-state index contributed by atoms with van der Waals surface area (Å²) >= 11 is 1.49. The molecule has 4 nitrogen and oxygen atoms in total. The molecule has 0 radical (unpaired) electrons. The van der Waals surface area contributed by atoms with E-state index in [1.165, 1.54) is 36.0 Å². The number of carbonyl (C=O) groups is 2. The van der Waals surface area contributed by atoms with Gasteiger partial charge in [-0.3, -0.25) is 14.6 Å². The Hall–Kier alpha value is -1.69. The zero-order valence-electron chi connectivity index (χ0n) is 10.2. The number of rotatable bonds is 4. The molecule has 0 spiro atoms. The first-order chi connectivity index (χ1) is 9.15. The quantitative estimate of drug-likeness (QED) is 0.858. The third-order valence-electron chi connectivity index (χ3n) is 2.58. The standard InChI is InChI=1S/C13H13FN2O2S/c14-10-3-1-9(2-4-10)11(17)5-6-12(18)16-13-15-7-8-19-13/h1-4H,5-8H2,(H,15,16,18). The van der Waals surface area contributed by atoms with Crippen LogP contribution in [0.4, 0.5) is 4.39 Å². The van der Waals surface area contributed by atoms with E-state index in [0.717, 1.165) is 12.3 Å². The minimum atomic E-state index is -0.384. The topological polar surface area (TPSA) is 58.5 Å². The van der Waals surface area contributed by atoms with Crippen molar-refractivity contribution in [2.75, 3.05) is 12.3 Å². The molecule has 6 heteroatoms. The average molecular weight is 280 g/mol. The van der Waals surface area contributed by atoms with Gasteiger partial charge in [-0.1, -0.05) is 11.8 Å². The van der Waals surface area contributed by atoms with Gasteiger partial charge < -0.3 is 5.32 Å². The highest BCUT2D eigenvalue weighted by Gasteiger charge is 2.13. The predicted octanol–water partition coefficient (Wildman–Crippen LogP) is 2.01. The van der Waals surface area contributed by atoms with E-state index in [-0.39, 0.29) is 30.3 Å². The van der Waals surface area contributed by atoms with Gasteiger partial charge in [0.05, 0.1) is 6.54 Å². The second-order valence-corrected chi connectivity index (χ2v) is 5.10. The van der Waals surface area contributed by atoms with Crippen molar-refractivity contribution >= 4 is 28.6 Å². The van der Waals surface area contributed by atoms with Crippen molar-refractivity contribution in [2.45, 2.75) is 12.8 Å². The number of nitrogens with zero attached hydrogens (tertiary/aromatic N) is 1. The van der Waals surface area contributed by atoms with Crippen molar-refractivity contribution in [3.05, 3.63) is 35.6 Å². The second kappa shape index (κ2) is 6.47. The van der Waals surface area contributed by atoms with Crippen LogP contribution >= 0.6 is 11.8 Å². The summed E-state index contributed by atoms with van der Waals surface area (Å²) in [6.07, 6.45) is 0.213. The Morgan fingerprint density at radius 1 is 1.26 bits per heavy atom. The van der Waals surface area contributed by atoms with Crippen LogP contribution in [0.2, 0.25) is 0 Å². The summed E-state index contributed by atoms with van der Waals surface area (Å²) in [5, 5.41) is 3.28. The molecular weight excluding hydrogens is 267 g/mol. The minimum Gasteiger partial charge on any atom is -0.305 e. The number of hydrogen-bond acceptors (Lipinski definition) is 4. The fourth-order valence-electron chi connectivity index (χ4n) is 1.60. The first-order valence-corrected chi connectivity index (χ1v) is 6.89. The number of halogens is 1. The van der Waals surface area contributed by atoms with Crippen LogP contribution in [0.5, 0.6) is 0 Å². The molecule has 1 aromatic rings. The van der Waals surface area contributed by atoms with Crippen LogP contribution in [0.3, 0.4) is 0 Å². The molecule has 0 saturated heterocycles. The fraction of sp³-hybridized carbons (Fsp3) is 0.308. The smallest absolute Gasteiger partial charge is 0.226 e. The van der Waals surface area contributed by atoms with Crippen molar-refractivity contribution in [3.8, 4) is 0 Å². The van der Waals surface area contributed by atoms with Gasteiger partial charge in [-0.2, -0.15) is 0 Å². The zero-order chi connectivity index (χ0) is 13.7. The summed E-state index contributed by atoms with van der Waals surface area (Å²) in [6.45, 7) is 0.717. The van der Waals surface area contributed by atoms with Crippen molar-refractivity contribution in [1.29, 1.82) is 0 Å². The normalized spacial score (nSPS) is 14.1. The number of ketones is 1. The Labute approximate surface area is 114 Å². The molecule has 1 amide bonds. The van der Waals surface area contributed by atoms with Gasteiger partial charge >= 0.3 is 0 Å². The first-order valence-electron chi connectivity index (χ1n) is 5.91. The van der Waals surface area contributed by atoms with Gasteiger partial charge in [0.25, 0.3) is 0 Å². The number of aliphatic imine (C=N–C) groups is 1. The molecule has 1 aromatic carbocycles. The van der Waals surface area contributed by atoms with Crippen molar-refractivity contribution in [1.82, 2.24) is 5.32 Å². The minimum absolute atomic E-state index is 0.107. The van der Waals surface area contributed by atoms with Gasteiger partial charge in [-0.25, -0.2) is 4.39 Å². The molecule has 0 fully saturated rings. The molecule has 1 heterocycles. The van der Waals surface area contributed by atoms with Crippen molar-refractivity contribution < 1.29 is 14.0 Å². The van der Waals surface area contributed by atoms with E-state index in [0.29, 0.717) is 10.7 Å². The highest BCUT2D eigenvalue weighted by Crippen LogP contribution is 2.10. The van der Waals surface area contributed by atoms with Gasteiger partial charge in [0.15, 0.2) is 11.0 Å². The summed E-state index contributed by atoms with van der Waals surface area (Å²) in [4.78, 5) is 27.4. The average Bonchev–Trinajstić information content (AvgIpc) is 2.89. The number of amides is 1. The third-order valence-corrected chi connectivity index (χ3v) is 3.47. The number of hydrogen-bond donors (Lipinski definition) is 1. The number of benzene rings is 1. The maximum Gasteiger partial charge on any atom is 0.226 e. The molecule has 0 bridgehead atoms. The molecule has 100 valence electrons. The van der Waals surface area contributed by atoms with E-state index in [9.17, 15) is 14.0 Å². The van der Waals surface area contributed by atoms with E-state index in [4.69, 9.17) is 0 Å². The summed E-state index contributed by atoms with van der Waals surface area (Å²) in [5.41, 5.74) is 0.418. The molecule has 0 atom stereocenters. The lowest BCUT2D eigenvalue weighted by molar-refractivity contribution is -0.119. The van der Waals surface area contributed by atoms with Crippen LogP contribution in [-0.2, 0) is 4.79 Å². The van der Waals surface area contributed by atoms with E-state index in [2.05, 4.69) is 10.3 Å². The molecule has 1 N–H and O–H groups in total. The molecule has 0 aromatic heterocycles. The number of nitrogens with one attached hydrogen (secondary N) is 1. The van der Waals surface area contributed by atoms with Gasteiger partial charge in [0.2, 0.25) is 5.91 Å². The van der Waals surface area contributed by atoms with E-state index >= 15 is 0 Å². The predicted molar refractivity (Wildman–Crippen MR) is 72.9 cm³/mol. The van der Waals surface area contributed by atoms with Gasteiger partial charge in [0, 0.05) is 24.2 Å². The third kappa shape index (κ3) is 4.17. The van der Waals surface area contributed by atoms with E-state index in [1.54, 1.807) is 0 Å². The highest BCUT2D eigenvalue weighted by molar-refractivity contribution is 8.14.